The maximum atomic E-state index is 7.00. The molecule has 4 nitrogen and oxygen atoms in total. The second-order valence-corrected chi connectivity index (χ2v) is 21.5. The number of para-hydroxylation sites is 2. The third-order valence-electron chi connectivity index (χ3n) is 16.9. The topological polar surface area (TPSA) is 52.6 Å². The molecule has 0 saturated carbocycles. The molecule has 0 radical (unpaired) electrons. The van der Waals surface area contributed by atoms with Crippen LogP contribution in [0, 0.1) is 0 Å². The van der Waals surface area contributed by atoms with E-state index < -0.39 is 0 Å². The molecule has 0 unspecified atom stereocenters. The van der Waals surface area contributed by atoms with E-state index in [-0.39, 0.29) is 10.8 Å². The summed E-state index contributed by atoms with van der Waals surface area (Å²) >= 11 is 0. The highest BCUT2D eigenvalue weighted by Gasteiger charge is 2.48. The van der Waals surface area contributed by atoms with Crippen LogP contribution >= 0.6 is 0 Å². The standard InChI is InChI=1S/C68H42O4/c1-67(2)51-33-47(39-21-23-41-49-27-35-13-5-7-15-37(35)29-57(49)69-55(41)31-39)65-61(43-17-9-11-19-53(43)71-65)59(51)45-25-26-46-60-52(68(3,4)64(46)63(45)67)34-48(66-62(60)44-18-10-12-20-54(44)72-66)40-22-24-42-50-28-36-14-6-8-16-38(36)30-58(50)70-56(42)32-40/h5-34H,1-4H3. The number of furan rings is 4. The van der Waals surface area contributed by atoms with E-state index in [4.69, 9.17) is 17.7 Å². The van der Waals surface area contributed by atoms with E-state index in [2.05, 4.69) is 210 Å². The molecule has 2 aliphatic carbocycles. The van der Waals surface area contributed by atoms with E-state index in [9.17, 15) is 0 Å². The SMILES string of the molecule is CC1(C)c2cc(-c3ccc4c(c3)oc3cc5ccccc5cc34)c3oc4ccccc4c3c2-c2ccc3c(c21)C(C)(C)c1cc(-c2ccc4c(c2)oc2cc5ccccc5cc24)c2oc4ccccc4c2c1-3. The Bertz CT molecular complexity index is 4670. The van der Waals surface area contributed by atoms with Crippen LogP contribution in [0.15, 0.2) is 200 Å². The Hall–Kier alpha value is -8.86. The molecule has 4 aromatic heterocycles. The van der Waals surface area contributed by atoms with Gasteiger partial charge < -0.3 is 17.7 Å². The Morgan fingerprint density at radius 2 is 0.681 bits per heavy atom. The maximum Gasteiger partial charge on any atom is 0.143 e. The second kappa shape index (κ2) is 13.1. The molecule has 0 bridgehead atoms. The minimum Gasteiger partial charge on any atom is -0.456 e. The number of fused-ring (bicyclic) bond motifs is 23. The summed E-state index contributed by atoms with van der Waals surface area (Å²) in [5.41, 5.74) is 21.0. The zero-order chi connectivity index (χ0) is 47.5. The van der Waals surface area contributed by atoms with E-state index >= 15 is 0 Å². The lowest BCUT2D eigenvalue weighted by Gasteiger charge is -2.31. The van der Waals surface area contributed by atoms with E-state index in [0.717, 1.165) is 110 Å². The Kier molecular flexibility index (Phi) is 7.08. The summed E-state index contributed by atoms with van der Waals surface area (Å²) in [7, 11) is 0. The van der Waals surface area contributed by atoms with Gasteiger partial charge in [-0.25, -0.2) is 0 Å². The van der Waals surface area contributed by atoms with Crippen LogP contribution in [0.5, 0.6) is 0 Å². The van der Waals surface area contributed by atoms with Crippen molar-refractivity contribution in [2.75, 3.05) is 0 Å². The Balaban J connectivity index is 0.886. The molecular formula is C68H42O4. The third kappa shape index (κ3) is 4.82. The minimum absolute atomic E-state index is 0.377. The number of benzene rings is 11. The summed E-state index contributed by atoms with van der Waals surface area (Å²) < 4.78 is 27.4. The van der Waals surface area contributed by atoms with E-state index in [0.29, 0.717) is 0 Å². The summed E-state index contributed by atoms with van der Waals surface area (Å²) in [5, 5.41) is 13.8. The molecule has 72 heavy (non-hydrogen) atoms. The molecule has 17 rings (SSSR count). The number of hydrogen-bond donors (Lipinski definition) is 0. The lowest BCUT2D eigenvalue weighted by Crippen LogP contribution is -2.24. The molecule has 15 aromatic rings. The number of rotatable bonds is 2. The average Bonchev–Trinajstić information content (AvgIpc) is 4.24. The molecule has 4 heterocycles. The monoisotopic (exact) mass is 922 g/mol. The van der Waals surface area contributed by atoms with Crippen molar-refractivity contribution in [1.29, 1.82) is 0 Å². The van der Waals surface area contributed by atoms with Crippen molar-refractivity contribution in [2.24, 2.45) is 0 Å². The van der Waals surface area contributed by atoms with Crippen molar-refractivity contribution in [1.82, 2.24) is 0 Å². The Morgan fingerprint density at radius 3 is 1.12 bits per heavy atom. The lowest BCUT2D eigenvalue weighted by atomic mass is 9.72. The highest BCUT2D eigenvalue weighted by molar-refractivity contribution is 6.22. The third-order valence-corrected chi connectivity index (χ3v) is 16.9. The summed E-state index contributed by atoms with van der Waals surface area (Å²) in [4.78, 5) is 0. The van der Waals surface area contributed by atoms with Gasteiger partial charge in [0.25, 0.3) is 0 Å². The van der Waals surface area contributed by atoms with Crippen LogP contribution in [-0.2, 0) is 10.8 Å². The fourth-order valence-corrected chi connectivity index (χ4v) is 13.6. The fourth-order valence-electron chi connectivity index (χ4n) is 13.6. The zero-order valence-electron chi connectivity index (χ0n) is 40.0. The molecule has 0 fully saturated rings. The summed E-state index contributed by atoms with van der Waals surface area (Å²) in [6, 6.07) is 65.9. The molecule has 11 aromatic carbocycles. The maximum absolute atomic E-state index is 7.00. The normalized spacial score (nSPS) is 14.6. The number of hydrogen-bond acceptors (Lipinski definition) is 4. The van der Waals surface area contributed by atoms with Gasteiger partial charge in [-0.05, 0) is 150 Å². The van der Waals surface area contributed by atoms with Gasteiger partial charge in [-0.2, -0.15) is 0 Å². The smallest absolute Gasteiger partial charge is 0.143 e. The first kappa shape index (κ1) is 38.9. The van der Waals surface area contributed by atoms with E-state index in [1.807, 2.05) is 0 Å². The fraction of sp³-hybridized carbons (Fsp3) is 0.0882. The van der Waals surface area contributed by atoms with Gasteiger partial charge in [0.15, 0.2) is 0 Å². The molecule has 0 saturated heterocycles. The van der Waals surface area contributed by atoms with Crippen LogP contribution in [0.25, 0.3) is 154 Å². The highest BCUT2D eigenvalue weighted by atomic mass is 16.3. The zero-order valence-corrected chi connectivity index (χ0v) is 40.0. The molecule has 0 atom stereocenters. The van der Waals surface area contributed by atoms with Crippen LogP contribution in [0.4, 0.5) is 0 Å². The molecule has 0 N–H and O–H groups in total. The first-order valence-corrected chi connectivity index (χ1v) is 25.0. The second-order valence-electron chi connectivity index (χ2n) is 21.5. The van der Waals surface area contributed by atoms with Crippen LogP contribution in [0.1, 0.15) is 49.9 Å². The van der Waals surface area contributed by atoms with Crippen LogP contribution in [0.3, 0.4) is 0 Å². The van der Waals surface area contributed by atoms with Gasteiger partial charge in [-0.15, -0.1) is 0 Å². The molecular weight excluding hydrogens is 881 g/mol. The van der Waals surface area contributed by atoms with Crippen molar-refractivity contribution in [3.05, 3.63) is 204 Å². The largest absolute Gasteiger partial charge is 0.456 e. The first-order valence-electron chi connectivity index (χ1n) is 25.0. The predicted octanol–water partition coefficient (Wildman–Crippen LogP) is 19.5. The van der Waals surface area contributed by atoms with Crippen LogP contribution < -0.4 is 0 Å². The van der Waals surface area contributed by atoms with Crippen molar-refractivity contribution in [2.45, 2.75) is 38.5 Å². The quantitative estimate of drug-likeness (QED) is 0.173. The van der Waals surface area contributed by atoms with Crippen LogP contribution in [0.2, 0.25) is 0 Å². The first-order chi connectivity index (χ1) is 35.2. The van der Waals surface area contributed by atoms with Crippen molar-refractivity contribution in [3.8, 4) is 44.5 Å². The summed E-state index contributed by atoms with van der Waals surface area (Å²) in [6.07, 6.45) is 0. The summed E-state index contributed by atoms with van der Waals surface area (Å²) in [6.45, 7) is 9.73. The minimum atomic E-state index is -0.377. The van der Waals surface area contributed by atoms with Gasteiger partial charge in [0, 0.05) is 65.0 Å². The van der Waals surface area contributed by atoms with Gasteiger partial charge in [0.1, 0.15) is 44.7 Å². The predicted molar refractivity (Wildman–Crippen MR) is 297 cm³/mol. The van der Waals surface area contributed by atoms with Crippen molar-refractivity contribution in [3.63, 3.8) is 0 Å². The lowest BCUT2D eigenvalue weighted by molar-refractivity contribution is 0.601. The van der Waals surface area contributed by atoms with Crippen molar-refractivity contribution >= 4 is 109 Å². The molecule has 2 aliphatic rings. The molecule has 0 aliphatic heterocycles. The van der Waals surface area contributed by atoms with Crippen LogP contribution in [-0.4, -0.2) is 0 Å². The Labute approximate surface area is 412 Å². The Morgan fingerprint density at radius 1 is 0.292 bits per heavy atom. The highest BCUT2D eigenvalue weighted by Crippen LogP contribution is 2.63. The molecule has 338 valence electrons. The van der Waals surface area contributed by atoms with Gasteiger partial charge in [0.05, 0.1) is 0 Å². The molecule has 0 amide bonds. The van der Waals surface area contributed by atoms with E-state index in [1.54, 1.807) is 0 Å². The van der Waals surface area contributed by atoms with Gasteiger partial charge in [-0.1, -0.05) is 137 Å². The average molecular weight is 923 g/mol. The molecule has 0 spiro atoms. The molecule has 4 heteroatoms. The van der Waals surface area contributed by atoms with Gasteiger partial charge >= 0.3 is 0 Å². The van der Waals surface area contributed by atoms with Gasteiger partial charge in [0.2, 0.25) is 0 Å². The van der Waals surface area contributed by atoms with E-state index in [1.165, 1.54) is 66.1 Å². The summed E-state index contributed by atoms with van der Waals surface area (Å²) in [5.74, 6) is 0. The van der Waals surface area contributed by atoms with Crippen molar-refractivity contribution < 1.29 is 17.7 Å². The van der Waals surface area contributed by atoms with Gasteiger partial charge in [-0.3, -0.25) is 0 Å².